The van der Waals surface area contributed by atoms with Crippen molar-refractivity contribution in [3.8, 4) is 0 Å². The van der Waals surface area contributed by atoms with Crippen LogP contribution in [0.5, 0.6) is 0 Å². The fraction of sp³-hybridized carbons (Fsp3) is 0.846. The summed E-state index contributed by atoms with van der Waals surface area (Å²) >= 11 is 0. The Morgan fingerprint density at radius 2 is 2.11 bits per heavy atom. The highest BCUT2D eigenvalue weighted by Crippen LogP contribution is 2.20. The SMILES string of the molecule is CCCNCC1CCC(Cn2nc(C)nc2C)O1. The van der Waals surface area contributed by atoms with Crippen molar-refractivity contribution >= 4 is 0 Å². The number of nitrogens with one attached hydrogen (secondary N) is 1. The molecule has 102 valence electrons. The van der Waals surface area contributed by atoms with Crippen LogP contribution in [0.1, 0.15) is 37.8 Å². The van der Waals surface area contributed by atoms with Gasteiger partial charge in [-0.25, -0.2) is 9.67 Å². The number of ether oxygens (including phenoxy) is 1. The van der Waals surface area contributed by atoms with Gasteiger partial charge in [0.05, 0.1) is 18.8 Å². The number of nitrogens with zero attached hydrogens (tertiary/aromatic N) is 3. The number of rotatable bonds is 6. The van der Waals surface area contributed by atoms with Gasteiger partial charge in [-0.3, -0.25) is 0 Å². The lowest BCUT2D eigenvalue weighted by Crippen LogP contribution is -2.28. The van der Waals surface area contributed by atoms with Gasteiger partial charge in [0.1, 0.15) is 11.6 Å². The molecule has 0 radical (unpaired) electrons. The number of hydrogen-bond donors (Lipinski definition) is 1. The number of hydrogen-bond acceptors (Lipinski definition) is 4. The van der Waals surface area contributed by atoms with Crippen molar-refractivity contribution < 1.29 is 4.74 Å². The lowest BCUT2D eigenvalue weighted by atomic mass is 10.2. The molecule has 1 N–H and O–H groups in total. The average molecular weight is 252 g/mol. The van der Waals surface area contributed by atoms with Crippen molar-refractivity contribution in [1.29, 1.82) is 0 Å². The molecule has 0 bridgehead atoms. The Hall–Kier alpha value is -0.940. The van der Waals surface area contributed by atoms with E-state index in [1.54, 1.807) is 0 Å². The van der Waals surface area contributed by atoms with Crippen molar-refractivity contribution in [2.45, 2.75) is 58.8 Å². The van der Waals surface area contributed by atoms with Crippen molar-refractivity contribution in [2.75, 3.05) is 13.1 Å². The van der Waals surface area contributed by atoms with E-state index in [1.807, 2.05) is 18.5 Å². The largest absolute Gasteiger partial charge is 0.372 e. The van der Waals surface area contributed by atoms with E-state index in [2.05, 4.69) is 22.3 Å². The van der Waals surface area contributed by atoms with Gasteiger partial charge in [-0.1, -0.05) is 6.92 Å². The third-order valence-corrected chi connectivity index (χ3v) is 3.33. The van der Waals surface area contributed by atoms with E-state index in [9.17, 15) is 0 Å². The van der Waals surface area contributed by atoms with Gasteiger partial charge in [0.2, 0.25) is 0 Å². The highest BCUT2D eigenvalue weighted by molar-refractivity contribution is 4.88. The molecule has 2 rings (SSSR count). The smallest absolute Gasteiger partial charge is 0.147 e. The van der Waals surface area contributed by atoms with Crippen LogP contribution in [0.25, 0.3) is 0 Å². The molecule has 0 aliphatic carbocycles. The molecule has 2 atom stereocenters. The van der Waals surface area contributed by atoms with E-state index in [0.717, 1.165) is 44.1 Å². The molecule has 1 aliphatic rings. The third-order valence-electron chi connectivity index (χ3n) is 3.33. The summed E-state index contributed by atoms with van der Waals surface area (Å²) < 4.78 is 7.99. The number of aryl methyl sites for hydroxylation is 2. The summed E-state index contributed by atoms with van der Waals surface area (Å²) in [6.45, 7) is 8.98. The molecular formula is C13H24N4O. The van der Waals surface area contributed by atoms with Gasteiger partial charge in [0.15, 0.2) is 0 Å². The first kappa shape index (κ1) is 13.5. The Bertz CT molecular complexity index is 377. The zero-order valence-electron chi connectivity index (χ0n) is 11.6. The molecule has 0 aromatic carbocycles. The lowest BCUT2D eigenvalue weighted by Gasteiger charge is -2.14. The van der Waals surface area contributed by atoms with Crippen LogP contribution in [-0.4, -0.2) is 40.1 Å². The zero-order chi connectivity index (χ0) is 13.0. The van der Waals surface area contributed by atoms with Crippen LogP contribution in [0.15, 0.2) is 0 Å². The van der Waals surface area contributed by atoms with Crippen LogP contribution in [0.2, 0.25) is 0 Å². The molecule has 1 fully saturated rings. The summed E-state index contributed by atoms with van der Waals surface area (Å²) in [5, 5.41) is 7.80. The monoisotopic (exact) mass is 252 g/mol. The van der Waals surface area contributed by atoms with Crippen LogP contribution in [0, 0.1) is 13.8 Å². The predicted octanol–water partition coefficient (Wildman–Crippen LogP) is 1.44. The van der Waals surface area contributed by atoms with Gasteiger partial charge in [-0.05, 0) is 39.7 Å². The van der Waals surface area contributed by atoms with Crippen LogP contribution in [0.3, 0.4) is 0 Å². The summed E-state index contributed by atoms with van der Waals surface area (Å²) in [6, 6.07) is 0. The average Bonchev–Trinajstić information content (AvgIpc) is 2.88. The summed E-state index contributed by atoms with van der Waals surface area (Å²) in [6.07, 6.45) is 4.10. The van der Waals surface area contributed by atoms with Gasteiger partial charge in [0.25, 0.3) is 0 Å². The van der Waals surface area contributed by atoms with Gasteiger partial charge < -0.3 is 10.1 Å². The van der Waals surface area contributed by atoms with Crippen LogP contribution in [0.4, 0.5) is 0 Å². The lowest BCUT2D eigenvalue weighted by molar-refractivity contribution is 0.0339. The van der Waals surface area contributed by atoms with Gasteiger partial charge in [-0.15, -0.1) is 0 Å². The summed E-state index contributed by atoms with van der Waals surface area (Å²) in [5.74, 6) is 1.82. The van der Waals surface area contributed by atoms with Crippen LogP contribution in [-0.2, 0) is 11.3 Å². The molecule has 5 nitrogen and oxygen atoms in total. The van der Waals surface area contributed by atoms with Crippen molar-refractivity contribution in [3.05, 3.63) is 11.6 Å². The van der Waals surface area contributed by atoms with E-state index in [-0.39, 0.29) is 0 Å². The first-order valence-electron chi connectivity index (χ1n) is 6.93. The summed E-state index contributed by atoms with van der Waals surface area (Å²) in [5.41, 5.74) is 0. The molecule has 2 heterocycles. The third kappa shape index (κ3) is 3.53. The summed E-state index contributed by atoms with van der Waals surface area (Å²) in [4.78, 5) is 4.32. The first-order chi connectivity index (χ1) is 8.69. The predicted molar refractivity (Wildman–Crippen MR) is 70.6 cm³/mol. The van der Waals surface area contributed by atoms with Gasteiger partial charge in [0, 0.05) is 6.54 Å². The molecule has 0 spiro atoms. The fourth-order valence-electron chi connectivity index (χ4n) is 2.43. The standard InChI is InChI=1S/C13H24N4O/c1-4-7-14-8-12-5-6-13(18-12)9-17-11(3)15-10(2)16-17/h12-14H,4-9H2,1-3H3. The maximum Gasteiger partial charge on any atom is 0.147 e. The Morgan fingerprint density at radius 1 is 1.33 bits per heavy atom. The second-order valence-corrected chi connectivity index (χ2v) is 5.05. The molecule has 1 aliphatic heterocycles. The van der Waals surface area contributed by atoms with Gasteiger partial charge >= 0.3 is 0 Å². The van der Waals surface area contributed by atoms with Crippen molar-refractivity contribution in [1.82, 2.24) is 20.1 Å². The number of aromatic nitrogens is 3. The summed E-state index contributed by atoms with van der Waals surface area (Å²) in [7, 11) is 0. The van der Waals surface area contributed by atoms with Crippen molar-refractivity contribution in [2.24, 2.45) is 0 Å². The Kier molecular flexibility index (Phi) is 4.72. The maximum atomic E-state index is 6.03. The molecule has 0 saturated carbocycles. The second kappa shape index (κ2) is 6.29. The van der Waals surface area contributed by atoms with E-state index < -0.39 is 0 Å². The molecular weight excluding hydrogens is 228 g/mol. The zero-order valence-corrected chi connectivity index (χ0v) is 11.6. The molecule has 1 aromatic rings. The minimum Gasteiger partial charge on any atom is -0.372 e. The molecule has 2 unspecified atom stereocenters. The fourth-order valence-corrected chi connectivity index (χ4v) is 2.43. The highest BCUT2D eigenvalue weighted by Gasteiger charge is 2.25. The molecule has 18 heavy (non-hydrogen) atoms. The van der Waals surface area contributed by atoms with Crippen molar-refractivity contribution in [3.63, 3.8) is 0 Å². The van der Waals surface area contributed by atoms with Crippen LogP contribution < -0.4 is 5.32 Å². The van der Waals surface area contributed by atoms with Gasteiger partial charge in [-0.2, -0.15) is 5.10 Å². The molecule has 1 saturated heterocycles. The highest BCUT2D eigenvalue weighted by atomic mass is 16.5. The van der Waals surface area contributed by atoms with E-state index in [1.165, 1.54) is 6.42 Å². The molecule has 0 amide bonds. The van der Waals surface area contributed by atoms with E-state index >= 15 is 0 Å². The Labute approximate surface area is 109 Å². The van der Waals surface area contributed by atoms with E-state index in [0.29, 0.717) is 12.2 Å². The van der Waals surface area contributed by atoms with E-state index in [4.69, 9.17) is 4.74 Å². The quantitative estimate of drug-likeness (QED) is 0.778. The molecule has 5 heteroatoms. The normalized spacial score (nSPS) is 23.7. The Balaban J connectivity index is 1.77. The van der Waals surface area contributed by atoms with Crippen LogP contribution >= 0.6 is 0 Å². The maximum absolute atomic E-state index is 6.03. The topological polar surface area (TPSA) is 52.0 Å². The first-order valence-corrected chi connectivity index (χ1v) is 6.93. The Morgan fingerprint density at radius 3 is 2.78 bits per heavy atom. The minimum absolute atomic E-state index is 0.290. The second-order valence-electron chi connectivity index (χ2n) is 5.05. The molecule has 1 aromatic heterocycles. The minimum atomic E-state index is 0.290.